The third-order valence-corrected chi connectivity index (χ3v) is 8.77. The Labute approximate surface area is 226 Å². The molecule has 10 heteroatoms. The van der Waals surface area contributed by atoms with Gasteiger partial charge in [0.05, 0.1) is 29.3 Å². The number of anilines is 2. The van der Waals surface area contributed by atoms with E-state index in [1.54, 1.807) is 30.2 Å². The van der Waals surface area contributed by atoms with Crippen molar-refractivity contribution in [3.63, 3.8) is 0 Å². The van der Waals surface area contributed by atoms with Crippen molar-refractivity contribution in [3.05, 3.63) is 76.8 Å². The molecule has 4 rings (SSSR count). The Morgan fingerprint density at radius 3 is 2.14 bits per heavy atom. The van der Waals surface area contributed by atoms with E-state index in [0.29, 0.717) is 42.1 Å². The van der Waals surface area contributed by atoms with E-state index in [-0.39, 0.29) is 17.3 Å². The van der Waals surface area contributed by atoms with Gasteiger partial charge in [-0.2, -0.15) is 0 Å². The van der Waals surface area contributed by atoms with Gasteiger partial charge >= 0.3 is 0 Å². The fourth-order valence-electron chi connectivity index (χ4n) is 4.19. The highest BCUT2D eigenvalue weighted by molar-refractivity contribution is 9.10. The average Bonchev–Trinajstić information content (AvgIpc) is 2.92. The van der Waals surface area contributed by atoms with Gasteiger partial charge in [0.1, 0.15) is 18.0 Å². The van der Waals surface area contributed by atoms with Crippen molar-refractivity contribution in [1.29, 1.82) is 0 Å². The standard InChI is InChI=1S/C27H30BrN3O5S/c1-20-4-6-22(7-5-20)31(37(33,34)24-12-13-26(36-3)25(28)18-24)19-27(32)30-16-14-29(15-17-30)21-8-10-23(35-2)11-9-21/h4-13,18H,14-17,19H2,1-3H3. The third-order valence-electron chi connectivity index (χ3n) is 6.38. The van der Waals surface area contributed by atoms with Gasteiger partial charge in [-0.05, 0) is 77.5 Å². The molecule has 0 aromatic heterocycles. The van der Waals surface area contributed by atoms with E-state index < -0.39 is 10.0 Å². The minimum atomic E-state index is -4.03. The second kappa shape index (κ2) is 11.4. The van der Waals surface area contributed by atoms with Crippen LogP contribution in [0.2, 0.25) is 0 Å². The summed E-state index contributed by atoms with van der Waals surface area (Å²) in [5.41, 5.74) is 2.49. The van der Waals surface area contributed by atoms with Crippen LogP contribution in [0.15, 0.2) is 76.1 Å². The number of hydrogen-bond acceptors (Lipinski definition) is 6. The Morgan fingerprint density at radius 2 is 1.57 bits per heavy atom. The molecule has 0 bridgehead atoms. The second-order valence-corrected chi connectivity index (χ2v) is 11.4. The van der Waals surface area contributed by atoms with Crippen molar-refractivity contribution in [2.45, 2.75) is 11.8 Å². The number of rotatable bonds is 8. The van der Waals surface area contributed by atoms with E-state index in [1.807, 2.05) is 43.3 Å². The number of amides is 1. The molecule has 0 atom stereocenters. The molecule has 0 radical (unpaired) electrons. The molecule has 0 N–H and O–H groups in total. The third kappa shape index (κ3) is 6.02. The van der Waals surface area contributed by atoms with Crippen LogP contribution in [-0.4, -0.2) is 66.2 Å². The molecule has 3 aromatic carbocycles. The molecule has 3 aromatic rings. The molecule has 1 amide bonds. The molecule has 1 aliphatic heterocycles. The van der Waals surface area contributed by atoms with Crippen LogP contribution >= 0.6 is 15.9 Å². The van der Waals surface area contributed by atoms with Gasteiger partial charge in [0, 0.05) is 31.9 Å². The summed E-state index contributed by atoms with van der Waals surface area (Å²) in [6.07, 6.45) is 0. The van der Waals surface area contributed by atoms with Gasteiger partial charge in [-0.1, -0.05) is 17.7 Å². The fourth-order valence-corrected chi connectivity index (χ4v) is 6.32. The molecule has 8 nitrogen and oxygen atoms in total. The molecule has 196 valence electrons. The van der Waals surface area contributed by atoms with Crippen LogP contribution in [0, 0.1) is 6.92 Å². The summed E-state index contributed by atoms with van der Waals surface area (Å²) < 4.78 is 39.7. The van der Waals surface area contributed by atoms with Crippen molar-refractivity contribution >= 4 is 43.2 Å². The monoisotopic (exact) mass is 587 g/mol. The van der Waals surface area contributed by atoms with Gasteiger partial charge in [0.25, 0.3) is 10.0 Å². The number of nitrogens with zero attached hydrogens (tertiary/aromatic N) is 3. The largest absolute Gasteiger partial charge is 0.497 e. The molecular weight excluding hydrogens is 558 g/mol. The Balaban J connectivity index is 1.53. The molecular formula is C27H30BrN3O5S. The van der Waals surface area contributed by atoms with Crippen LogP contribution in [0.4, 0.5) is 11.4 Å². The zero-order valence-electron chi connectivity index (χ0n) is 21.1. The lowest BCUT2D eigenvalue weighted by molar-refractivity contribution is -0.129. The van der Waals surface area contributed by atoms with Crippen LogP contribution in [0.25, 0.3) is 0 Å². The summed E-state index contributed by atoms with van der Waals surface area (Å²) in [5, 5.41) is 0. The first-order valence-electron chi connectivity index (χ1n) is 11.8. The van der Waals surface area contributed by atoms with Gasteiger partial charge in [0.2, 0.25) is 5.91 Å². The van der Waals surface area contributed by atoms with Crippen molar-refractivity contribution in [2.24, 2.45) is 0 Å². The smallest absolute Gasteiger partial charge is 0.264 e. The number of hydrogen-bond donors (Lipinski definition) is 0. The first-order valence-corrected chi connectivity index (χ1v) is 14.1. The Kier molecular flexibility index (Phi) is 8.29. The summed E-state index contributed by atoms with van der Waals surface area (Å²) in [7, 11) is -0.885. The minimum Gasteiger partial charge on any atom is -0.497 e. The Hall–Kier alpha value is -3.24. The fraction of sp³-hybridized carbons (Fsp3) is 0.296. The van der Waals surface area contributed by atoms with Crippen molar-refractivity contribution in [3.8, 4) is 11.5 Å². The maximum atomic E-state index is 13.8. The van der Waals surface area contributed by atoms with Crippen LogP contribution in [0.3, 0.4) is 0 Å². The maximum absolute atomic E-state index is 13.8. The van der Waals surface area contributed by atoms with Crippen LogP contribution in [0.5, 0.6) is 11.5 Å². The molecule has 1 saturated heterocycles. The number of aryl methyl sites for hydroxylation is 1. The highest BCUT2D eigenvalue weighted by Crippen LogP contribution is 2.31. The summed E-state index contributed by atoms with van der Waals surface area (Å²) in [6, 6.07) is 19.5. The van der Waals surface area contributed by atoms with Gasteiger partial charge in [0.15, 0.2) is 0 Å². The molecule has 0 spiro atoms. The zero-order chi connectivity index (χ0) is 26.6. The number of halogens is 1. The molecule has 37 heavy (non-hydrogen) atoms. The first kappa shape index (κ1) is 26.8. The van der Waals surface area contributed by atoms with Gasteiger partial charge in [-0.15, -0.1) is 0 Å². The summed E-state index contributed by atoms with van der Waals surface area (Å²) in [4.78, 5) is 17.4. The summed E-state index contributed by atoms with van der Waals surface area (Å²) in [5.74, 6) is 1.07. The molecule has 0 aliphatic carbocycles. The molecule has 0 unspecified atom stereocenters. The maximum Gasteiger partial charge on any atom is 0.264 e. The number of carbonyl (C=O) groups is 1. The van der Waals surface area contributed by atoms with Crippen LogP contribution in [-0.2, 0) is 14.8 Å². The number of benzene rings is 3. The van der Waals surface area contributed by atoms with Crippen molar-refractivity contribution < 1.29 is 22.7 Å². The Morgan fingerprint density at radius 1 is 0.919 bits per heavy atom. The lowest BCUT2D eigenvalue weighted by atomic mass is 10.2. The number of methoxy groups -OCH3 is 2. The van der Waals surface area contributed by atoms with E-state index >= 15 is 0 Å². The second-order valence-electron chi connectivity index (χ2n) is 8.71. The highest BCUT2D eigenvalue weighted by atomic mass is 79.9. The predicted octanol–water partition coefficient (Wildman–Crippen LogP) is 4.32. The Bertz CT molecular complexity index is 1340. The van der Waals surface area contributed by atoms with Gasteiger partial charge in [-0.3, -0.25) is 9.10 Å². The zero-order valence-corrected chi connectivity index (χ0v) is 23.5. The number of ether oxygens (including phenoxy) is 2. The SMILES string of the molecule is COc1ccc(N2CCN(C(=O)CN(c3ccc(C)cc3)S(=O)(=O)c3ccc(OC)c(Br)c3)CC2)cc1. The van der Waals surface area contributed by atoms with E-state index in [2.05, 4.69) is 20.8 Å². The van der Waals surface area contributed by atoms with Crippen molar-refractivity contribution in [1.82, 2.24) is 4.90 Å². The normalized spacial score (nSPS) is 13.8. The lowest BCUT2D eigenvalue weighted by Gasteiger charge is -2.37. The topological polar surface area (TPSA) is 79.4 Å². The molecule has 1 heterocycles. The predicted molar refractivity (Wildman–Crippen MR) is 148 cm³/mol. The van der Waals surface area contributed by atoms with E-state index in [4.69, 9.17) is 9.47 Å². The molecule has 1 aliphatic rings. The molecule has 1 fully saturated rings. The highest BCUT2D eigenvalue weighted by Gasteiger charge is 2.31. The number of carbonyl (C=O) groups excluding carboxylic acids is 1. The number of piperazine rings is 1. The van der Waals surface area contributed by atoms with Crippen LogP contribution in [0.1, 0.15) is 5.56 Å². The van der Waals surface area contributed by atoms with Gasteiger partial charge in [-0.25, -0.2) is 8.42 Å². The molecule has 0 saturated carbocycles. The lowest BCUT2D eigenvalue weighted by Crippen LogP contribution is -2.52. The van der Waals surface area contributed by atoms with Gasteiger partial charge < -0.3 is 19.3 Å². The van der Waals surface area contributed by atoms with Crippen molar-refractivity contribution in [2.75, 3.05) is 56.1 Å². The minimum absolute atomic E-state index is 0.0675. The summed E-state index contributed by atoms with van der Waals surface area (Å²) in [6.45, 7) is 3.94. The van der Waals surface area contributed by atoms with Crippen LogP contribution < -0.4 is 18.7 Å². The number of sulfonamides is 1. The quantitative estimate of drug-likeness (QED) is 0.390. The van der Waals surface area contributed by atoms with E-state index in [9.17, 15) is 13.2 Å². The van der Waals surface area contributed by atoms with E-state index in [1.165, 1.54) is 23.5 Å². The summed E-state index contributed by atoms with van der Waals surface area (Å²) >= 11 is 3.37. The average molecular weight is 589 g/mol. The van der Waals surface area contributed by atoms with E-state index in [0.717, 1.165) is 17.0 Å². The first-order chi connectivity index (χ1) is 17.7.